The monoisotopic (exact) mass is 257 g/mol. The highest BCUT2D eigenvalue weighted by atomic mass is 15.4. The number of hydrogen-bond acceptors (Lipinski definition) is 4. The van der Waals surface area contributed by atoms with Crippen LogP contribution < -0.4 is 10.2 Å². The molecule has 0 aromatic carbocycles. The largest absolute Gasteiger partial charge is 0.353 e. The molecule has 0 saturated carbocycles. The van der Waals surface area contributed by atoms with Gasteiger partial charge >= 0.3 is 0 Å². The molecule has 1 N–H and O–H groups in total. The van der Waals surface area contributed by atoms with E-state index in [0.29, 0.717) is 6.04 Å². The topological polar surface area (TPSA) is 45.5 Å². The van der Waals surface area contributed by atoms with E-state index in [1.165, 1.54) is 11.4 Å². The maximum Gasteiger partial charge on any atom is 0.157 e. The number of aryl methyl sites for hydroxylation is 1. The molecule has 2 aromatic rings. The molecule has 5 nitrogen and oxygen atoms in total. The zero-order chi connectivity index (χ0) is 13.0. The van der Waals surface area contributed by atoms with Crippen LogP contribution in [0.5, 0.6) is 0 Å². The van der Waals surface area contributed by atoms with E-state index in [9.17, 15) is 0 Å². The van der Waals surface area contributed by atoms with Crippen LogP contribution in [0.1, 0.15) is 12.5 Å². The van der Waals surface area contributed by atoms with E-state index in [4.69, 9.17) is 0 Å². The molecule has 2 aliphatic rings. The molecule has 3 unspecified atom stereocenters. The fourth-order valence-corrected chi connectivity index (χ4v) is 3.71. The number of nitrogens with zero attached hydrogens (tertiary/aromatic N) is 4. The summed E-state index contributed by atoms with van der Waals surface area (Å²) >= 11 is 0. The lowest BCUT2D eigenvalue weighted by Gasteiger charge is -2.27. The lowest BCUT2D eigenvalue weighted by molar-refractivity contribution is 0.471. The number of pyridine rings is 1. The normalized spacial score (nSPS) is 30.2. The lowest BCUT2D eigenvalue weighted by Crippen LogP contribution is -2.34. The minimum atomic E-state index is 0.564. The number of aromatic nitrogens is 3. The molecule has 19 heavy (non-hydrogen) atoms. The molecule has 0 amide bonds. The summed E-state index contributed by atoms with van der Waals surface area (Å²) in [6.45, 7) is 7.88. The van der Waals surface area contributed by atoms with Crippen molar-refractivity contribution in [3.63, 3.8) is 0 Å². The number of nitrogens with one attached hydrogen (secondary N) is 1. The fraction of sp³-hybridized carbons (Fsp3) is 0.571. The number of rotatable bonds is 1. The summed E-state index contributed by atoms with van der Waals surface area (Å²) in [6, 6.07) is 4.88. The van der Waals surface area contributed by atoms with E-state index in [1.807, 2.05) is 4.52 Å². The van der Waals surface area contributed by atoms with Gasteiger partial charge in [0.05, 0.1) is 0 Å². The summed E-state index contributed by atoms with van der Waals surface area (Å²) in [7, 11) is 0. The first-order chi connectivity index (χ1) is 9.24. The third-order valence-corrected chi connectivity index (χ3v) is 4.73. The molecule has 0 radical (unpaired) electrons. The van der Waals surface area contributed by atoms with Gasteiger partial charge < -0.3 is 10.2 Å². The highest BCUT2D eigenvalue weighted by Gasteiger charge is 2.42. The van der Waals surface area contributed by atoms with Crippen LogP contribution in [0.15, 0.2) is 18.5 Å². The molecule has 4 heterocycles. The SMILES string of the molecule is Cc1cc(N2CC3CNCC3C2C)n2ncnc2c1. The summed E-state index contributed by atoms with van der Waals surface area (Å²) in [5.41, 5.74) is 2.19. The Labute approximate surface area is 112 Å². The van der Waals surface area contributed by atoms with Gasteiger partial charge in [-0.25, -0.2) is 4.98 Å². The predicted octanol–water partition coefficient (Wildman–Crippen LogP) is 1.08. The molecule has 0 aliphatic carbocycles. The summed E-state index contributed by atoms with van der Waals surface area (Å²) in [5, 5.41) is 7.89. The number of fused-ring (bicyclic) bond motifs is 2. The van der Waals surface area contributed by atoms with E-state index in [2.05, 4.69) is 46.3 Å². The number of hydrogen-bond donors (Lipinski definition) is 1. The van der Waals surface area contributed by atoms with Crippen molar-refractivity contribution in [2.45, 2.75) is 19.9 Å². The molecule has 2 aromatic heterocycles. The minimum absolute atomic E-state index is 0.564. The summed E-state index contributed by atoms with van der Waals surface area (Å²) < 4.78 is 1.97. The molecule has 3 atom stereocenters. The van der Waals surface area contributed by atoms with Gasteiger partial charge in [-0.15, -0.1) is 0 Å². The maximum atomic E-state index is 4.38. The van der Waals surface area contributed by atoms with Gasteiger partial charge in [0.1, 0.15) is 12.1 Å². The van der Waals surface area contributed by atoms with E-state index < -0.39 is 0 Å². The average Bonchev–Trinajstić information content (AvgIpc) is 3.06. The quantitative estimate of drug-likeness (QED) is 0.830. The fourth-order valence-electron chi connectivity index (χ4n) is 3.71. The first-order valence-corrected chi connectivity index (χ1v) is 7.02. The van der Waals surface area contributed by atoms with Crippen molar-refractivity contribution in [3.8, 4) is 0 Å². The van der Waals surface area contributed by atoms with Crippen molar-refractivity contribution in [2.24, 2.45) is 11.8 Å². The van der Waals surface area contributed by atoms with Gasteiger partial charge in [0.2, 0.25) is 0 Å². The predicted molar refractivity (Wildman–Crippen MR) is 74.4 cm³/mol. The Hall–Kier alpha value is -1.62. The Morgan fingerprint density at radius 3 is 3.05 bits per heavy atom. The van der Waals surface area contributed by atoms with Gasteiger partial charge in [-0.3, -0.25) is 0 Å². The highest BCUT2D eigenvalue weighted by Crippen LogP contribution is 2.35. The Balaban J connectivity index is 1.80. The second-order valence-electron chi connectivity index (χ2n) is 5.90. The Morgan fingerprint density at radius 2 is 2.21 bits per heavy atom. The summed E-state index contributed by atoms with van der Waals surface area (Å²) in [5.74, 6) is 2.72. The van der Waals surface area contributed by atoms with Crippen LogP contribution in [0.2, 0.25) is 0 Å². The number of anilines is 1. The minimum Gasteiger partial charge on any atom is -0.353 e. The smallest absolute Gasteiger partial charge is 0.157 e. The second kappa shape index (κ2) is 3.93. The van der Waals surface area contributed by atoms with E-state index in [-0.39, 0.29) is 0 Å². The van der Waals surface area contributed by atoms with E-state index in [1.54, 1.807) is 6.33 Å². The summed E-state index contributed by atoms with van der Waals surface area (Å²) in [6.07, 6.45) is 1.64. The first kappa shape index (κ1) is 11.2. The molecular weight excluding hydrogens is 238 g/mol. The lowest BCUT2D eigenvalue weighted by atomic mass is 9.95. The molecule has 5 heteroatoms. The van der Waals surface area contributed by atoms with Gasteiger partial charge in [-0.05, 0) is 43.4 Å². The van der Waals surface area contributed by atoms with Crippen LogP contribution in [0.25, 0.3) is 5.65 Å². The molecule has 2 saturated heterocycles. The van der Waals surface area contributed by atoms with Crippen molar-refractivity contribution in [2.75, 3.05) is 24.5 Å². The highest BCUT2D eigenvalue weighted by molar-refractivity contribution is 5.54. The van der Waals surface area contributed by atoms with Crippen LogP contribution in [0, 0.1) is 18.8 Å². The van der Waals surface area contributed by atoms with Gasteiger partial charge in [0, 0.05) is 25.7 Å². The first-order valence-electron chi connectivity index (χ1n) is 7.02. The Bertz CT molecular complexity index is 619. The van der Waals surface area contributed by atoms with Crippen LogP contribution in [-0.4, -0.2) is 40.3 Å². The third-order valence-electron chi connectivity index (χ3n) is 4.73. The van der Waals surface area contributed by atoms with Crippen LogP contribution in [-0.2, 0) is 0 Å². The van der Waals surface area contributed by atoms with Gasteiger partial charge in [-0.2, -0.15) is 9.61 Å². The van der Waals surface area contributed by atoms with Crippen LogP contribution in [0.4, 0.5) is 5.82 Å². The third kappa shape index (κ3) is 1.57. The van der Waals surface area contributed by atoms with Gasteiger partial charge in [0.15, 0.2) is 5.65 Å². The maximum absolute atomic E-state index is 4.38. The van der Waals surface area contributed by atoms with Crippen molar-refractivity contribution in [1.82, 2.24) is 19.9 Å². The van der Waals surface area contributed by atoms with Crippen molar-refractivity contribution in [3.05, 3.63) is 24.0 Å². The van der Waals surface area contributed by atoms with E-state index >= 15 is 0 Å². The van der Waals surface area contributed by atoms with E-state index in [0.717, 1.165) is 37.1 Å². The standard InChI is InChI=1S/C14H19N5/c1-9-3-13-16-8-17-19(13)14(4-9)18-7-11-5-15-6-12(11)10(18)2/h3-4,8,10-12,15H,5-7H2,1-2H3. The zero-order valence-corrected chi connectivity index (χ0v) is 11.4. The molecule has 100 valence electrons. The van der Waals surface area contributed by atoms with Crippen LogP contribution in [0.3, 0.4) is 0 Å². The zero-order valence-electron chi connectivity index (χ0n) is 11.4. The Kier molecular flexibility index (Phi) is 2.33. The van der Waals surface area contributed by atoms with Crippen molar-refractivity contribution < 1.29 is 0 Å². The molecule has 0 bridgehead atoms. The van der Waals surface area contributed by atoms with Crippen LogP contribution >= 0.6 is 0 Å². The molecule has 4 rings (SSSR count). The second-order valence-corrected chi connectivity index (χ2v) is 5.90. The average molecular weight is 257 g/mol. The van der Waals surface area contributed by atoms with Gasteiger partial charge in [-0.1, -0.05) is 0 Å². The van der Waals surface area contributed by atoms with Gasteiger partial charge in [0.25, 0.3) is 0 Å². The van der Waals surface area contributed by atoms with Crippen molar-refractivity contribution in [1.29, 1.82) is 0 Å². The summed E-state index contributed by atoms with van der Waals surface area (Å²) in [4.78, 5) is 6.83. The molecule has 2 aliphatic heterocycles. The molecule has 0 spiro atoms. The van der Waals surface area contributed by atoms with Crippen molar-refractivity contribution >= 4 is 11.5 Å². The molecular formula is C14H19N5. The molecule has 2 fully saturated rings. The Morgan fingerprint density at radius 1 is 1.32 bits per heavy atom.